The highest BCUT2D eigenvalue weighted by atomic mass is 19.1. The highest BCUT2D eigenvalue weighted by Crippen LogP contribution is 2.39. The van der Waals surface area contributed by atoms with Crippen molar-refractivity contribution in [1.29, 1.82) is 0 Å². The van der Waals surface area contributed by atoms with Crippen molar-refractivity contribution in [3.63, 3.8) is 0 Å². The van der Waals surface area contributed by atoms with Gasteiger partial charge in [-0.2, -0.15) is 0 Å². The number of hydrogen-bond donors (Lipinski definition) is 2. The van der Waals surface area contributed by atoms with Gasteiger partial charge in [-0.05, 0) is 36.6 Å². The number of rotatable bonds is 7. The van der Waals surface area contributed by atoms with Gasteiger partial charge >= 0.3 is 0 Å². The van der Waals surface area contributed by atoms with Crippen molar-refractivity contribution in [3.05, 3.63) is 59.9 Å². The molecule has 1 fully saturated rings. The number of hydrogen-bond acceptors (Lipinski definition) is 3. The van der Waals surface area contributed by atoms with E-state index in [1.165, 1.54) is 6.07 Å². The normalized spacial score (nSPS) is 18.1. The molecule has 2 atom stereocenters. The summed E-state index contributed by atoms with van der Waals surface area (Å²) in [6, 6.07) is 13.6. The summed E-state index contributed by atoms with van der Waals surface area (Å²) >= 11 is 0. The molecule has 2 amide bonds. The first-order chi connectivity index (χ1) is 12.6. The van der Waals surface area contributed by atoms with Gasteiger partial charge in [0.2, 0.25) is 11.8 Å². The molecule has 2 unspecified atom stereocenters. The molecule has 5 nitrogen and oxygen atoms in total. The zero-order valence-corrected chi connectivity index (χ0v) is 14.5. The quantitative estimate of drug-likeness (QED) is 0.802. The van der Waals surface area contributed by atoms with Gasteiger partial charge in [-0.1, -0.05) is 24.3 Å². The predicted octanol–water partition coefficient (Wildman–Crippen LogP) is 2.77. The minimum Gasteiger partial charge on any atom is -0.497 e. The topological polar surface area (TPSA) is 67.4 Å². The lowest BCUT2D eigenvalue weighted by Gasteiger charge is -2.08. The first-order valence-electron chi connectivity index (χ1n) is 8.54. The lowest BCUT2D eigenvalue weighted by Crippen LogP contribution is -2.29. The number of methoxy groups -OCH3 is 1. The molecule has 136 valence electrons. The Kier molecular flexibility index (Phi) is 5.51. The molecular formula is C20H21FN2O3. The molecule has 0 saturated heterocycles. The largest absolute Gasteiger partial charge is 0.497 e. The molecule has 1 aliphatic rings. The van der Waals surface area contributed by atoms with Gasteiger partial charge in [0, 0.05) is 18.3 Å². The number of ether oxygens (including phenoxy) is 1. The molecule has 2 N–H and O–H groups in total. The molecule has 26 heavy (non-hydrogen) atoms. The molecule has 2 aromatic carbocycles. The van der Waals surface area contributed by atoms with Crippen LogP contribution in [0.3, 0.4) is 0 Å². The maximum absolute atomic E-state index is 13.5. The van der Waals surface area contributed by atoms with Gasteiger partial charge in [-0.25, -0.2) is 4.39 Å². The SMILES string of the molecule is COc1cccc(NC(=O)C2CC2C(=O)NCCc2ccccc2F)c1. The van der Waals surface area contributed by atoms with Crippen molar-refractivity contribution in [2.24, 2.45) is 11.8 Å². The Labute approximate surface area is 151 Å². The Bertz CT molecular complexity index is 809. The fourth-order valence-corrected chi connectivity index (χ4v) is 2.86. The first kappa shape index (κ1) is 17.9. The van der Waals surface area contributed by atoms with Crippen LogP contribution in [-0.4, -0.2) is 25.5 Å². The van der Waals surface area contributed by atoms with Crippen LogP contribution in [0.1, 0.15) is 12.0 Å². The number of anilines is 1. The summed E-state index contributed by atoms with van der Waals surface area (Å²) in [6.45, 7) is 0.348. The Balaban J connectivity index is 1.44. The fourth-order valence-electron chi connectivity index (χ4n) is 2.86. The van der Waals surface area contributed by atoms with Gasteiger partial charge in [0.15, 0.2) is 0 Å². The van der Waals surface area contributed by atoms with E-state index < -0.39 is 0 Å². The van der Waals surface area contributed by atoms with Crippen LogP contribution in [0.25, 0.3) is 0 Å². The van der Waals surface area contributed by atoms with Crippen LogP contribution in [0.4, 0.5) is 10.1 Å². The maximum Gasteiger partial charge on any atom is 0.228 e. The van der Waals surface area contributed by atoms with E-state index >= 15 is 0 Å². The minimum absolute atomic E-state index is 0.160. The summed E-state index contributed by atoms with van der Waals surface area (Å²) in [7, 11) is 1.56. The van der Waals surface area contributed by atoms with Crippen LogP contribution in [-0.2, 0) is 16.0 Å². The monoisotopic (exact) mass is 356 g/mol. The van der Waals surface area contributed by atoms with E-state index in [0.29, 0.717) is 36.4 Å². The number of carbonyl (C=O) groups excluding carboxylic acids is 2. The third-order valence-corrected chi connectivity index (χ3v) is 4.45. The molecule has 0 aromatic heterocycles. The lowest BCUT2D eigenvalue weighted by molar-refractivity contribution is -0.125. The van der Waals surface area contributed by atoms with E-state index in [1.54, 1.807) is 49.6 Å². The van der Waals surface area contributed by atoms with Crippen molar-refractivity contribution in [2.75, 3.05) is 19.0 Å². The summed E-state index contributed by atoms with van der Waals surface area (Å²) in [5, 5.41) is 5.59. The zero-order valence-electron chi connectivity index (χ0n) is 14.5. The molecule has 6 heteroatoms. The average Bonchev–Trinajstić information content (AvgIpc) is 3.44. The highest BCUT2D eigenvalue weighted by Gasteiger charge is 2.47. The van der Waals surface area contributed by atoms with E-state index in [-0.39, 0.29) is 29.5 Å². The number of halogens is 1. The zero-order chi connectivity index (χ0) is 18.5. The van der Waals surface area contributed by atoms with Gasteiger partial charge in [0.25, 0.3) is 0 Å². The third-order valence-electron chi connectivity index (χ3n) is 4.45. The van der Waals surface area contributed by atoms with E-state index in [4.69, 9.17) is 4.74 Å². The lowest BCUT2D eigenvalue weighted by atomic mass is 10.1. The summed E-state index contributed by atoms with van der Waals surface area (Å²) in [4.78, 5) is 24.4. The van der Waals surface area contributed by atoms with Crippen molar-refractivity contribution >= 4 is 17.5 Å². The number of nitrogens with one attached hydrogen (secondary N) is 2. The molecule has 1 saturated carbocycles. The second-order valence-electron chi connectivity index (χ2n) is 6.30. The van der Waals surface area contributed by atoms with Crippen molar-refractivity contribution in [1.82, 2.24) is 5.32 Å². The summed E-state index contributed by atoms with van der Waals surface area (Å²) in [6.07, 6.45) is 0.952. The molecule has 0 bridgehead atoms. The van der Waals surface area contributed by atoms with Crippen LogP contribution in [0.15, 0.2) is 48.5 Å². The third kappa shape index (κ3) is 4.39. The van der Waals surface area contributed by atoms with Crippen LogP contribution in [0.5, 0.6) is 5.75 Å². The fraction of sp³-hybridized carbons (Fsp3) is 0.300. The van der Waals surface area contributed by atoms with E-state index in [2.05, 4.69) is 10.6 Å². The van der Waals surface area contributed by atoms with E-state index in [1.807, 2.05) is 0 Å². The molecule has 0 spiro atoms. The van der Waals surface area contributed by atoms with Crippen LogP contribution < -0.4 is 15.4 Å². The smallest absolute Gasteiger partial charge is 0.228 e. The van der Waals surface area contributed by atoms with Crippen molar-refractivity contribution in [2.45, 2.75) is 12.8 Å². The van der Waals surface area contributed by atoms with E-state index in [0.717, 1.165) is 0 Å². The predicted molar refractivity (Wildman–Crippen MR) is 96.3 cm³/mol. The molecule has 1 aliphatic carbocycles. The van der Waals surface area contributed by atoms with Gasteiger partial charge in [-0.15, -0.1) is 0 Å². The molecule has 0 heterocycles. The van der Waals surface area contributed by atoms with Gasteiger partial charge < -0.3 is 15.4 Å². The van der Waals surface area contributed by atoms with Gasteiger partial charge in [0.1, 0.15) is 11.6 Å². The summed E-state index contributed by atoms with van der Waals surface area (Å²) in [5.74, 6) is -0.597. The minimum atomic E-state index is -0.324. The summed E-state index contributed by atoms with van der Waals surface area (Å²) < 4.78 is 18.7. The molecule has 0 aliphatic heterocycles. The number of benzene rings is 2. The Hall–Kier alpha value is -2.89. The maximum atomic E-state index is 13.5. The van der Waals surface area contributed by atoms with Crippen LogP contribution in [0.2, 0.25) is 0 Å². The van der Waals surface area contributed by atoms with Crippen LogP contribution >= 0.6 is 0 Å². The standard InChI is InChI=1S/C20H21FN2O3/c1-26-15-7-4-6-14(11-15)23-20(25)17-12-16(17)19(24)22-10-9-13-5-2-3-8-18(13)21/h2-8,11,16-17H,9-10,12H2,1H3,(H,22,24)(H,23,25). The Morgan fingerprint density at radius 2 is 1.88 bits per heavy atom. The van der Waals surface area contributed by atoms with E-state index in [9.17, 15) is 14.0 Å². The van der Waals surface area contributed by atoms with Gasteiger partial charge in [0.05, 0.1) is 18.9 Å². The van der Waals surface area contributed by atoms with Crippen molar-refractivity contribution in [3.8, 4) is 5.75 Å². The molecular weight excluding hydrogens is 335 g/mol. The number of amides is 2. The molecule has 2 aromatic rings. The second-order valence-corrected chi connectivity index (χ2v) is 6.30. The van der Waals surface area contributed by atoms with Crippen molar-refractivity contribution < 1.29 is 18.7 Å². The first-order valence-corrected chi connectivity index (χ1v) is 8.54. The molecule has 3 rings (SSSR count). The number of carbonyl (C=O) groups is 2. The second kappa shape index (κ2) is 7.99. The average molecular weight is 356 g/mol. The Morgan fingerprint density at radius 1 is 1.12 bits per heavy atom. The summed E-state index contributed by atoms with van der Waals surface area (Å²) in [5.41, 5.74) is 1.20. The van der Waals surface area contributed by atoms with Crippen LogP contribution in [0, 0.1) is 17.7 Å². The van der Waals surface area contributed by atoms with Gasteiger partial charge in [-0.3, -0.25) is 9.59 Å². The highest BCUT2D eigenvalue weighted by molar-refractivity contribution is 5.99. The molecule has 0 radical (unpaired) electrons. The Morgan fingerprint density at radius 3 is 2.65 bits per heavy atom.